The quantitative estimate of drug-likeness (QED) is 0.631. The minimum atomic E-state index is 0.327. The molecule has 0 fully saturated rings. The summed E-state index contributed by atoms with van der Waals surface area (Å²) in [4.78, 5) is 1.69. The highest BCUT2D eigenvalue weighted by atomic mass is 79.9. The summed E-state index contributed by atoms with van der Waals surface area (Å²) in [6.07, 6.45) is 1.20. The van der Waals surface area contributed by atoms with Gasteiger partial charge in [0, 0.05) is 4.88 Å². The Kier molecular flexibility index (Phi) is 4.41. The fourth-order valence-electron chi connectivity index (χ4n) is 1.83. The zero-order chi connectivity index (χ0) is 12.3. The fourth-order valence-corrected chi connectivity index (χ4v) is 3.34. The number of benzene rings is 1. The van der Waals surface area contributed by atoms with Crippen molar-refractivity contribution in [2.75, 3.05) is 0 Å². The van der Waals surface area contributed by atoms with Gasteiger partial charge in [-0.15, -0.1) is 11.3 Å². The molecule has 0 amide bonds. The van der Waals surface area contributed by atoms with E-state index in [0.717, 1.165) is 0 Å². The topological polar surface area (TPSA) is 0 Å². The minimum absolute atomic E-state index is 0.327. The van der Waals surface area contributed by atoms with Crippen LogP contribution in [0.2, 0.25) is 0 Å². The summed E-state index contributed by atoms with van der Waals surface area (Å²) in [5.74, 6) is 0.652. The molecule has 1 aromatic carbocycles. The summed E-state index contributed by atoms with van der Waals surface area (Å²) < 4.78 is 0. The van der Waals surface area contributed by atoms with Crippen molar-refractivity contribution in [1.29, 1.82) is 0 Å². The fraction of sp³-hybridized carbons (Fsp3) is 0.333. The molecule has 2 heteroatoms. The Bertz CT molecular complexity index is 444. The predicted octanol–water partition coefficient (Wildman–Crippen LogP) is 5.75. The van der Waals surface area contributed by atoms with Crippen molar-refractivity contribution in [3.8, 4) is 0 Å². The van der Waals surface area contributed by atoms with Gasteiger partial charge in [-0.3, -0.25) is 0 Å². The van der Waals surface area contributed by atoms with Crippen LogP contribution < -0.4 is 0 Å². The largest absolute Gasteiger partial charge is 0.147 e. The van der Waals surface area contributed by atoms with E-state index in [-0.39, 0.29) is 0 Å². The third-order valence-electron chi connectivity index (χ3n) is 3.20. The van der Waals surface area contributed by atoms with Gasteiger partial charge in [0.2, 0.25) is 0 Å². The predicted molar refractivity (Wildman–Crippen MR) is 80.2 cm³/mol. The smallest absolute Gasteiger partial charge is 0.0738 e. The van der Waals surface area contributed by atoms with Crippen molar-refractivity contribution < 1.29 is 0 Å². The van der Waals surface area contributed by atoms with E-state index in [0.29, 0.717) is 10.7 Å². The van der Waals surface area contributed by atoms with Gasteiger partial charge >= 0.3 is 0 Å². The first-order valence-electron chi connectivity index (χ1n) is 5.99. The molecule has 2 atom stereocenters. The molecular formula is C15H17BrS. The highest BCUT2D eigenvalue weighted by Crippen LogP contribution is 2.34. The second-order valence-electron chi connectivity index (χ2n) is 4.35. The lowest BCUT2D eigenvalue weighted by Gasteiger charge is -2.12. The van der Waals surface area contributed by atoms with Gasteiger partial charge in [0.1, 0.15) is 0 Å². The highest BCUT2D eigenvalue weighted by Gasteiger charge is 2.11. The van der Waals surface area contributed by atoms with E-state index in [9.17, 15) is 0 Å². The Morgan fingerprint density at radius 1 is 1.12 bits per heavy atom. The van der Waals surface area contributed by atoms with Crippen LogP contribution in [0.3, 0.4) is 0 Å². The second kappa shape index (κ2) is 5.83. The first-order valence-corrected chi connectivity index (χ1v) is 7.79. The molecule has 0 radical (unpaired) electrons. The van der Waals surface area contributed by atoms with Gasteiger partial charge < -0.3 is 0 Å². The van der Waals surface area contributed by atoms with Crippen LogP contribution in [-0.2, 0) is 0 Å². The van der Waals surface area contributed by atoms with E-state index in [1.165, 1.54) is 22.4 Å². The van der Waals surface area contributed by atoms with Crippen LogP contribution in [0.4, 0.5) is 0 Å². The van der Waals surface area contributed by atoms with Gasteiger partial charge in [0.05, 0.1) is 4.83 Å². The molecule has 2 aromatic rings. The van der Waals surface area contributed by atoms with Crippen molar-refractivity contribution >= 4 is 27.3 Å². The SMILES string of the molecule is CCC(C)c1ccc(C(Br)c2cccs2)cc1. The molecule has 17 heavy (non-hydrogen) atoms. The standard InChI is InChI=1S/C15H17BrS/c1-3-11(2)12-6-8-13(9-7-12)15(16)14-5-4-10-17-14/h4-11,15H,3H2,1-2H3. The highest BCUT2D eigenvalue weighted by molar-refractivity contribution is 9.09. The molecule has 0 saturated heterocycles. The summed E-state index contributed by atoms with van der Waals surface area (Å²) in [5.41, 5.74) is 2.77. The Labute approximate surface area is 116 Å². The van der Waals surface area contributed by atoms with Crippen LogP contribution in [0.25, 0.3) is 0 Å². The van der Waals surface area contributed by atoms with Gasteiger partial charge in [-0.2, -0.15) is 0 Å². The van der Waals surface area contributed by atoms with Crippen LogP contribution in [0.5, 0.6) is 0 Å². The molecular weight excluding hydrogens is 292 g/mol. The molecule has 0 spiro atoms. The molecule has 0 nitrogen and oxygen atoms in total. The van der Waals surface area contributed by atoms with Crippen molar-refractivity contribution in [3.63, 3.8) is 0 Å². The third kappa shape index (κ3) is 2.99. The Morgan fingerprint density at radius 2 is 1.76 bits per heavy atom. The van der Waals surface area contributed by atoms with E-state index in [1.807, 2.05) is 0 Å². The zero-order valence-corrected chi connectivity index (χ0v) is 12.6. The lowest BCUT2D eigenvalue weighted by Crippen LogP contribution is -1.94. The number of halogens is 1. The maximum Gasteiger partial charge on any atom is 0.0738 e. The average Bonchev–Trinajstić information content (AvgIpc) is 2.91. The molecule has 1 aromatic heterocycles. The number of hydrogen-bond acceptors (Lipinski definition) is 1. The van der Waals surface area contributed by atoms with Crippen LogP contribution >= 0.6 is 27.3 Å². The normalized spacial score (nSPS) is 14.5. The van der Waals surface area contributed by atoms with Crippen LogP contribution in [-0.4, -0.2) is 0 Å². The van der Waals surface area contributed by atoms with E-state index in [1.54, 1.807) is 11.3 Å². The Hall–Kier alpha value is -0.600. The Balaban J connectivity index is 2.18. The lowest BCUT2D eigenvalue weighted by atomic mass is 9.97. The molecule has 0 N–H and O–H groups in total. The van der Waals surface area contributed by atoms with Crippen LogP contribution in [0.1, 0.15) is 47.0 Å². The summed E-state index contributed by atoms with van der Waals surface area (Å²) in [6.45, 7) is 4.51. The first kappa shape index (κ1) is 12.8. The molecule has 2 rings (SSSR count). The van der Waals surface area contributed by atoms with Gasteiger partial charge in [-0.05, 0) is 34.9 Å². The molecule has 0 bridgehead atoms. The van der Waals surface area contributed by atoms with E-state index < -0.39 is 0 Å². The third-order valence-corrected chi connectivity index (χ3v) is 5.47. The molecule has 2 unspecified atom stereocenters. The number of hydrogen-bond donors (Lipinski definition) is 0. The molecule has 1 heterocycles. The van der Waals surface area contributed by atoms with Crippen molar-refractivity contribution in [1.82, 2.24) is 0 Å². The molecule has 0 aliphatic rings. The number of alkyl halides is 1. The van der Waals surface area contributed by atoms with Gasteiger partial charge in [-0.1, -0.05) is 60.1 Å². The van der Waals surface area contributed by atoms with Crippen molar-refractivity contribution in [2.45, 2.75) is 31.0 Å². The summed E-state index contributed by atoms with van der Waals surface area (Å²) in [7, 11) is 0. The first-order chi connectivity index (χ1) is 8.22. The van der Waals surface area contributed by atoms with Crippen LogP contribution in [0, 0.1) is 0 Å². The van der Waals surface area contributed by atoms with E-state index in [2.05, 4.69) is 71.6 Å². The zero-order valence-electron chi connectivity index (χ0n) is 10.2. The number of rotatable bonds is 4. The monoisotopic (exact) mass is 308 g/mol. The second-order valence-corrected chi connectivity index (χ2v) is 6.25. The average molecular weight is 309 g/mol. The maximum atomic E-state index is 3.76. The maximum absolute atomic E-state index is 3.76. The van der Waals surface area contributed by atoms with Crippen LogP contribution in [0.15, 0.2) is 41.8 Å². The number of thiophene rings is 1. The van der Waals surface area contributed by atoms with Crippen molar-refractivity contribution in [2.24, 2.45) is 0 Å². The minimum Gasteiger partial charge on any atom is -0.147 e. The molecule has 90 valence electrons. The summed E-state index contributed by atoms with van der Waals surface area (Å²) in [6, 6.07) is 13.3. The summed E-state index contributed by atoms with van der Waals surface area (Å²) in [5, 5.41) is 2.12. The van der Waals surface area contributed by atoms with E-state index in [4.69, 9.17) is 0 Å². The van der Waals surface area contributed by atoms with Gasteiger partial charge in [-0.25, -0.2) is 0 Å². The molecule has 0 aliphatic heterocycles. The van der Waals surface area contributed by atoms with Gasteiger partial charge in [0.15, 0.2) is 0 Å². The van der Waals surface area contributed by atoms with E-state index >= 15 is 0 Å². The lowest BCUT2D eigenvalue weighted by molar-refractivity contribution is 0.733. The van der Waals surface area contributed by atoms with Gasteiger partial charge in [0.25, 0.3) is 0 Å². The molecule has 0 saturated carbocycles. The Morgan fingerprint density at radius 3 is 2.29 bits per heavy atom. The van der Waals surface area contributed by atoms with Crippen molar-refractivity contribution in [3.05, 3.63) is 57.8 Å². The summed E-state index contributed by atoms with van der Waals surface area (Å²) >= 11 is 5.56. The molecule has 0 aliphatic carbocycles.